The van der Waals surface area contributed by atoms with Gasteiger partial charge in [-0.2, -0.15) is 0 Å². The van der Waals surface area contributed by atoms with Gasteiger partial charge in [0.25, 0.3) is 0 Å². The Kier molecular flexibility index (Phi) is 6.03. The summed E-state index contributed by atoms with van der Waals surface area (Å²) in [6.07, 6.45) is -1.50. The summed E-state index contributed by atoms with van der Waals surface area (Å²) in [7, 11) is 2.99. The highest BCUT2D eigenvalue weighted by Crippen LogP contribution is 2.50. The third-order valence-corrected chi connectivity index (χ3v) is 6.34. The fourth-order valence-electron chi connectivity index (χ4n) is 4.91. The summed E-state index contributed by atoms with van der Waals surface area (Å²) >= 11 is 0. The molecule has 0 spiro atoms. The Morgan fingerprint density at radius 2 is 2.00 bits per heavy atom. The Morgan fingerprint density at radius 1 is 1.28 bits per heavy atom. The molecular formula is C24H30N2O6. The number of hydrogen-bond donors (Lipinski definition) is 2. The number of methoxy groups -OCH3 is 2. The number of aliphatic hydroxyl groups excluding tert-OH is 1. The molecule has 4 rings (SSSR count). The van der Waals surface area contributed by atoms with Crippen LogP contribution in [0.3, 0.4) is 0 Å². The molecule has 2 aromatic carbocycles. The van der Waals surface area contributed by atoms with E-state index >= 15 is 0 Å². The van der Waals surface area contributed by atoms with Crippen LogP contribution in [0.5, 0.6) is 5.75 Å². The van der Waals surface area contributed by atoms with E-state index in [2.05, 4.69) is 0 Å². The van der Waals surface area contributed by atoms with E-state index in [4.69, 9.17) is 24.7 Å². The van der Waals surface area contributed by atoms with Gasteiger partial charge in [0.1, 0.15) is 17.9 Å². The number of ether oxygens (including phenoxy) is 4. The molecule has 4 atom stereocenters. The van der Waals surface area contributed by atoms with Gasteiger partial charge in [0, 0.05) is 37.6 Å². The Morgan fingerprint density at radius 3 is 2.69 bits per heavy atom. The summed E-state index contributed by atoms with van der Waals surface area (Å²) in [5, 5.41) is 11.8. The van der Waals surface area contributed by atoms with Gasteiger partial charge in [0.05, 0.1) is 12.6 Å². The largest absolute Gasteiger partial charge is 0.479 e. The molecule has 0 fully saturated rings. The van der Waals surface area contributed by atoms with Crippen molar-refractivity contribution in [2.45, 2.75) is 50.3 Å². The first-order chi connectivity index (χ1) is 15.3. The van der Waals surface area contributed by atoms with Gasteiger partial charge in [0.2, 0.25) is 0 Å². The highest BCUT2D eigenvalue weighted by molar-refractivity contribution is 5.84. The Labute approximate surface area is 187 Å². The van der Waals surface area contributed by atoms with Gasteiger partial charge in [0.15, 0.2) is 11.9 Å². The SMILES string of the molecule is CCOC(=O)[C@H]1Cc2ccccc2N1[C@@H]1c2cc(N)ccc2O[C@](C)(C(OC)OC)[C@H]1O. The zero-order valence-corrected chi connectivity index (χ0v) is 18.8. The second kappa shape index (κ2) is 8.61. The van der Waals surface area contributed by atoms with Crippen molar-refractivity contribution in [3.63, 3.8) is 0 Å². The molecule has 2 aliphatic rings. The van der Waals surface area contributed by atoms with E-state index in [1.807, 2.05) is 29.2 Å². The lowest BCUT2D eigenvalue weighted by Gasteiger charge is -2.50. The highest BCUT2D eigenvalue weighted by Gasteiger charge is 2.56. The zero-order chi connectivity index (χ0) is 23.0. The molecule has 0 saturated carbocycles. The summed E-state index contributed by atoms with van der Waals surface area (Å²) in [4.78, 5) is 14.9. The third-order valence-electron chi connectivity index (χ3n) is 6.34. The molecule has 0 bridgehead atoms. The molecule has 2 heterocycles. The minimum Gasteiger partial charge on any atom is -0.479 e. The van der Waals surface area contributed by atoms with Crippen LogP contribution in [0.4, 0.5) is 11.4 Å². The molecule has 32 heavy (non-hydrogen) atoms. The van der Waals surface area contributed by atoms with Crippen molar-refractivity contribution >= 4 is 17.3 Å². The maximum atomic E-state index is 13.0. The van der Waals surface area contributed by atoms with Gasteiger partial charge < -0.3 is 34.7 Å². The molecule has 0 amide bonds. The molecule has 0 saturated heterocycles. The van der Waals surface area contributed by atoms with Crippen LogP contribution >= 0.6 is 0 Å². The summed E-state index contributed by atoms with van der Waals surface area (Å²) in [6, 6.07) is 11.8. The Bertz CT molecular complexity index is 994. The smallest absolute Gasteiger partial charge is 0.329 e. The quantitative estimate of drug-likeness (QED) is 0.399. The summed E-state index contributed by atoms with van der Waals surface area (Å²) < 4.78 is 22.7. The van der Waals surface area contributed by atoms with Crippen molar-refractivity contribution in [2.24, 2.45) is 0 Å². The first kappa shape index (κ1) is 22.4. The van der Waals surface area contributed by atoms with Crippen molar-refractivity contribution in [3.05, 3.63) is 53.6 Å². The zero-order valence-electron chi connectivity index (χ0n) is 18.8. The van der Waals surface area contributed by atoms with Crippen LogP contribution in [0, 0.1) is 0 Å². The summed E-state index contributed by atoms with van der Waals surface area (Å²) in [6.45, 7) is 3.79. The van der Waals surface area contributed by atoms with Gasteiger partial charge in [-0.25, -0.2) is 4.79 Å². The third kappa shape index (κ3) is 3.48. The average molecular weight is 443 g/mol. The number of hydrogen-bond acceptors (Lipinski definition) is 8. The minimum absolute atomic E-state index is 0.270. The number of aliphatic hydroxyl groups is 1. The first-order valence-electron chi connectivity index (χ1n) is 10.7. The Balaban J connectivity index is 1.90. The van der Waals surface area contributed by atoms with Gasteiger partial charge in [-0.15, -0.1) is 0 Å². The second-order valence-corrected chi connectivity index (χ2v) is 8.28. The van der Waals surface area contributed by atoms with Crippen LogP contribution < -0.4 is 15.4 Å². The molecule has 8 heteroatoms. The second-order valence-electron chi connectivity index (χ2n) is 8.28. The highest BCUT2D eigenvalue weighted by atomic mass is 16.7. The van der Waals surface area contributed by atoms with Crippen molar-refractivity contribution in [3.8, 4) is 5.75 Å². The number of fused-ring (bicyclic) bond motifs is 2. The van der Waals surface area contributed by atoms with Gasteiger partial charge in [-0.3, -0.25) is 0 Å². The standard InChI is InChI=1S/C24H30N2O6/c1-5-31-22(28)18-12-14-8-6-7-9-17(14)26(18)20-16-13-15(25)10-11-19(16)32-24(2,21(20)27)23(29-3)30-4/h6-11,13,18,20-21,23,27H,5,12,25H2,1-4H3/t18-,20-,21+,24+/m1/s1. The van der Waals surface area contributed by atoms with E-state index in [1.165, 1.54) is 14.2 Å². The Hall–Kier alpha value is -2.81. The molecule has 3 N–H and O–H groups in total. The molecular weight excluding hydrogens is 412 g/mol. The van der Waals surface area contributed by atoms with Crippen LogP contribution in [-0.2, 0) is 25.4 Å². The number of esters is 1. The minimum atomic E-state index is -1.26. The average Bonchev–Trinajstić information content (AvgIpc) is 3.16. The van der Waals surface area contributed by atoms with E-state index in [0.717, 1.165) is 11.3 Å². The molecule has 172 valence electrons. The van der Waals surface area contributed by atoms with E-state index in [9.17, 15) is 9.90 Å². The topological polar surface area (TPSA) is 103 Å². The van der Waals surface area contributed by atoms with E-state index in [0.29, 0.717) is 23.4 Å². The lowest BCUT2D eigenvalue weighted by atomic mass is 9.83. The number of carbonyl (C=O) groups excluding carboxylic acids is 1. The monoisotopic (exact) mass is 442 g/mol. The first-order valence-corrected chi connectivity index (χ1v) is 10.7. The van der Waals surface area contributed by atoms with E-state index < -0.39 is 30.1 Å². The van der Waals surface area contributed by atoms with E-state index in [1.54, 1.807) is 32.0 Å². The number of para-hydroxylation sites is 1. The molecule has 0 radical (unpaired) electrons. The van der Waals surface area contributed by atoms with Crippen molar-refractivity contribution in [1.82, 2.24) is 0 Å². The summed E-state index contributed by atoms with van der Waals surface area (Å²) in [5.41, 5.74) is 7.94. The predicted octanol–water partition coefficient (Wildman–Crippen LogP) is 2.44. The molecule has 0 aromatic heterocycles. The number of nitrogens with zero attached hydrogens (tertiary/aromatic N) is 1. The molecule has 0 unspecified atom stereocenters. The van der Waals surface area contributed by atoms with Crippen molar-refractivity contribution in [2.75, 3.05) is 31.5 Å². The normalized spacial score (nSPS) is 26.4. The van der Waals surface area contributed by atoms with Crippen molar-refractivity contribution in [1.29, 1.82) is 0 Å². The van der Waals surface area contributed by atoms with Crippen LogP contribution in [0.15, 0.2) is 42.5 Å². The maximum absolute atomic E-state index is 13.0. The molecule has 8 nitrogen and oxygen atoms in total. The number of rotatable bonds is 6. The van der Waals surface area contributed by atoms with Crippen LogP contribution in [0.2, 0.25) is 0 Å². The molecule has 2 aromatic rings. The number of benzene rings is 2. The number of nitrogen functional groups attached to an aromatic ring is 1. The van der Waals surface area contributed by atoms with Gasteiger partial charge in [-0.1, -0.05) is 18.2 Å². The van der Waals surface area contributed by atoms with Crippen LogP contribution in [0.25, 0.3) is 0 Å². The maximum Gasteiger partial charge on any atom is 0.329 e. The fourth-order valence-corrected chi connectivity index (χ4v) is 4.91. The predicted molar refractivity (Wildman–Crippen MR) is 119 cm³/mol. The summed E-state index contributed by atoms with van der Waals surface area (Å²) in [5.74, 6) is 0.202. The van der Waals surface area contributed by atoms with Gasteiger partial charge >= 0.3 is 5.97 Å². The fraction of sp³-hybridized carbons (Fsp3) is 0.458. The van der Waals surface area contributed by atoms with Gasteiger partial charge in [-0.05, 0) is 43.7 Å². The van der Waals surface area contributed by atoms with Crippen LogP contribution in [0.1, 0.15) is 31.0 Å². The lowest BCUT2D eigenvalue weighted by Crippen LogP contribution is -2.63. The number of carbonyl (C=O) groups is 1. The molecule has 0 aliphatic carbocycles. The number of nitrogens with two attached hydrogens (primary N) is 1. The lowest BCUT2D eigenvalue weighted by molar-refractivity contribution is -0.237. The van der Waals surface area contributed by atoms with Crippen LogP contribution in [-0.4, -0.2) is 55.9 Å². The molecule has 2 aliphatic heterocycles. The van der Waals surface area contributed by atoms with Crippen molar-refractivity contribution < 1.29 is 28.8 Å². The van der Waals surface area contributed by atoms with E-state index in [-0.39, 0.29) is 12.6 Å². The number of anilines is 2.